The SMILES string of the molecule is Cn1cnnc1CC1(c2ccc3c(c2)C(=O)N(c2cc(CNCC4CC4)cc(C(F)(F)F)c2)C3)COC1. The van der Waals surface area contributed by atoms with Gasteiger partial charge >= 0.3 is 6.18 Å². The first-order valence-corrected chi connectivity index (χ1v) is 12.5. The van der Waals surface area contributed by atoms with Crippen molar-refractivity contribution >= 4 is 11.6 Å². The van der Waals surface area contributed by atoms with Gasteiger partial charge in [-0.2, -0.15) is 13.2 Å². The number of carbonyl (C=O) groups is 1. The van der Waals surface area contributed by atoms with Crippen molar-refractivity contribution in [2.75, 3.05) is 24.7 Å². The largest absolute Gasteiger partial charge is 0.416 e. The van der Waals surface area contributed by atoms with E-state index < -0.39 is 11.7 Å². The zero-order valence-electron chi connectivity index (χ0n) is 20.5. The molecule has 2 aromatic carbocycles. The highest BCUT2D eigenvalue weighted by atomic mass is 19.4. The molecule has 0 bridgehead atoms. The zero-order valence-corrected chi connectivity index (χ0v) is 20.5. The van der Waals surface area contributed by atoms with Gasteiger partial charge in [-0.05, 0) is 66.3 Å². The fourth-order valence-corrected chi connectivity index (χ4v) is 5.17. The summed E-state index contributed by atoms with van der Waals surface area (Å²) in [5.74, 6) is 1.15. The lowest BCUT2D eigenvalue weighted by atomic mass is 9.75. The number of rotatable bonds is 8. The number of fused-ring (bicyclic) bond motifs is 1. The topological polar surface area (TPSA) is 72.3 Å². The maximum Gasteiger partial charge on any atom is 0.416 e. The highest BCUT2D eigenvalue weighted by molar-refractivity contribution is 6.10. The van der Waals surface area contributed by atoms with Gasteiger partial charge in [-0.1, -0.05) is 12.1 Å². The van der Waals surface area contributed by atoms with Gasteiger partial charge in [0.05, 0.1) is 25.3 Å². The summed E-state index contributed by atoms with van der Waals surface area (Å²) in [6.07, 6.45) is 0.0910. The Hall–Kier alpha value is -3.24. The Balaban J connectivity index is 1.28. The van der Waals surface area contributed by atoms with E-state index in [2.05, 4.69) is 15.5 Å². The second-order valence-corrected chi connectivity index (χ2v) is 10.5. The lowest BCUT2D eigenvalue weighted by Crippen LogP contribution is -2.49. The Morgan fingerprint density at radius 2 is 1.97 bits per heavy atom. The fraction of sp³-hybridized carbons (Fsp3) is 0.444. The molecule has 1 aromatic heterocycles. The Morgan fingerprint density at radius 3 is 2.62 bits per heavy atom. The third kappa shape index (κ3) is 4.64. The number of aromatic nitrogens is 3. The quantitative estimate of drug-likeness (QED) is 0.495. The molecule has 194 valence electrons. The van der Waals surface area contributed by atoms with E-state index in [0.717, 1.165) is 42.4 Å². The molecule has 3 heterocycles. The van der Waals surface area contributed by atoms with Crippen LogP contribution in [0, 0.1) is 5.92 Å². The monoisotopic (exact) mass is 511 g/mol. The molecule has 3 aliphatic rings. The molecular formula is C27H28F3N5O2. The molecule has 10 heteroatoms. The first kappa shape index (κ1) is 24.1. The van der Waals surface area contributed by atoms with Crippen molar-refractivity contribution in [3.8, 4) is 0 Å². The minimum absolute atomic E-state index is 0.234. The summed E-state index contributed by atoms with van der Waals surface area (Å²) in [7, 11) is 1.89. The number of hydrogen-bond donors (Lipinski definition) is 1. The van der Waals surface area contributed by atoms with Crippen molar-refractivity contribution in [3.05, 3.63) is 76.4 Å². The molecule has 37 heavy (non-hydrogen) atoms. The predicted octanol–water partition coefficient (Wildman–Crippen LogP) is 4.00. The van der Waals surface area contributed by atoms with E-state index in [-0.39, 0.29) is 23.6 Å². The zero-order chi connectivity index (χ0) is 25.8. The van der Waals surface area contributed by atoms with Crippen molar-refractivity contribution < 1.29 is 22.7 Å². The average Bonchev–Trinajstić information content (AvgIpc) is 3.49. The molecule has 2 fully saturated rings. The van der Waals surface area contributed by atoms with E-state index in [1.54, 1.807) is 12.4 Å². The van der Waals surface area contributed by atoms with Crippen LogP contribution in [0.2, 0.25) is 0 Å². The number of amides is 1. The second kappa shape index (κ2) is 8.95. The fourth-order valence-electron chi connectivity index (χ4n) is 5.17. The second-order valence-electron chi connectivity index (χ2n) is 10.5. The van der Waals surface area contributed by atoms with Crippen LogP contribution in [0.25, 0.3) is 0 Å². The van der Waals surface area contributed by atoms with E-state index in [9.17, 15) is 18.0 Å². The van der Waals surface area contributed by atoms with Gasteiger partial charge in [-0.25, -0.2) is 0 Å². The molecule has 2 aliphatic heterocycles. The molecule has 1 aliphatic carbocycles. The van der Waals surface area contributed by atoms with Gasteiger partial charge in [0.2, 0.25) is 0 Å². The highest BCUT2D eigenvalue weighted by Gasteiger charge is 2.43. The van der Waals surface area contributed by atoms with E-state index in [4.69, 9.17) is 4.74 Å². The number of nitrogens with one attached hydrogen (secondary N) is 1. The van der Waals surface area contributed by atoms with Gasteiger partial charge in [0, 0.05) is 36.7 Å². The molecule has 0 radical (unpaired) electrons. The first-order valence-electron chi connectivity index (χ1n) is 12.5. The average molecular weight is 512 g/mol. The predicted molar refractivity (Wildman–Crippen MR) is 130 cm³/mol. The van der Waals surface area contributed by atoms with Crippen LogP contribution in [0.5, 0.6) is 0 Å². The van der Waals surface area contributed by atoms with E-state index in [1.807, 2.05) is 29.8 Å². The number of carbonyl (C=O) groups excluding carboxylic acids is 1. The van der Waals surface area contributed by atoms with Crippen LogP contribution in [0.15, 0.2) is 42.7 Å². The summed E-state index contributed by atoms with van der Waals surface area (Å²) < 4.78 is 48.6. The third-order valence-corrected chi connectivity index (χ3v) is 7.66. The number of hydrogen-bond acceptors (Lipinski definition) is 5. The number of ether oxygens (including phenoxy) is 1. The van der Waals surface area contributed by atoms with E-state index >= 15 is 0 Å². The number of halogens is 3. The van der Waals surface area contributed by atoms with Crippen molar-refractivity contribution in [1.82, 2.24) is 20.1 Å². The number of aryl methyl sites for hydroxylation is 1. The molecule has 6 rings (SSSR count). The molecule has 0 atom stereocenters. The first-order chi connectivity index (χ1) is 17.7. The van der Waals surface area contributed by atoms with Crippen LogP contribution in [0.4, 0.5) is 18.9 Å². The molecule has 1 saturated carbocycles. The van der Waals surface area contributed by atoms with Gasteiger partial charge in [-0.15, -0.1) is 10.2 Å². The van der Waals surface area contributed by atoms with Crippen molar-refractivity contribution in [2.45, 2.75) is 43.9 Å². The van der Waals surface area contributed by atoms with Gasteiger partial charge in [-0.3, -0.25) is 4.79 Å². The number of benzene rings is 2. The van der Waals surface area contributed by atoms with Crippen molar-refractivity contribution in [3.63, 3.8) is 0 Å². The summed E-state index contributed by atoms with van der Waals surface area (Å²) in [5.41, 5.74) is 2.00. The van der Waals surface area contributed by atoms with Gasteiger partial charge < -0.3 is 19.5 Å². The maximum absolute atomic E-state index is 13.7. The molecule has 1 amide bonds. The van der Waals surface area contributed by atoms with Crippen LogP contribution in [-0.4, -0.2) is 40.4 Å². The van der Waals surface area contributed by atoms with Crippen LogP contribution >= 0.6 is 0 Å². The van der Waals surface area contributed by atoms with E-state index in [0.29, 0.717) is 43.2 Å². The smallest absolute Gasteiger partial charge is 0.379 e. The summed E-state index contributed by atoms with van der Waals surface area (Å²) in [6, 6.07) is 9.71. The minimum atomic E-state index is -4.50. The Bertz CT molecular complexity index is 1340. The van der Waals surface area contributed by atoms with Gasteiger partial charge in [0.15, 0.2) is 0 Å². The Morgan fingerprint density at radius 1 is 1.16 bits per heavy atom. The van der Waals surface area contributed by atoms with E-state index in [1.165, 1.54) is 11.0 Å². The Labute approximate surface area is 212 Å². The minimum Gasteiger partial charge on any atom is -0.379 e. The van der Waals surface area contributed by atoms with Crippen molar-refractivity contribution in [1.29, 1.82) is 0 Å². The molecule has 1 N–H and O–H groups in total. The summed E-state index contributed by atoms with van der Waals surface area (Å²) in [5, 5.41) is 11.4. The van der Waals surface area contributed by atoms with Crippen LogP contribution in [0.1, 0.15) is 51.3 Å². The summed E-state index contributed by atoms with van der Waals surface area (Å²) in [6.45, 7) is 2.36. The number of anilines is 1. The van der Waals surface area contributed by atoms with Gasteiger partial charge in [0.1, 0.15) is 12.2 Å². The molecular weight excluding hydrogens is 483 g/mol. The lowest BCUT2D eigenvalue weighted by Gasteiger charge is -2.41. The van der Waals surface area contributed by atoms with Crippen LogP contribution in [-0.2, 0) is 42.9 Å². The lowest BCUT2D eigenvalue weighted by molar-refractivity contribution is -0.137. The maximum atomic E-state index is 13.7. The summed E-state index contributed by atoms with van der Waals surface area (Å²) >= 11 is 0. The highest BCUT2D eigenvalue weighted by Crippen LogP contribution is 2.40. The molecule has 7 nitrogen and oxygen atoms in total. The normalized spacial score (nSPS) is 18.7. The summed E-state index contributed by atoms with van der Waals surface area (Å²) in [4.78, 5) is 15.0. The Kier molecular flexibility index (Phi) is 5.83. The number of alkyl halides is 3. The molecule has 3 aromatic rings. The molecule has 1 saturated heterocycles. The third-order valence-electron chi connectivity index (χ3n) is 7.66. The number of nitrogens with zero attached hydrogens (tertiary/aromatic N) is 4. The van der Waals surface area contributed by atoms with Gasteiger partial charge in [0.25, 0.3) is 5.91 Å². The molecule has 0 spiro atoms. The van der Waals surface area contributed by atoms with Crippen LogP contribution in [0.3, 0.4) is 0 Å². The molecule has 0 unspecified atom stereocenters. The van der Waals surface area contributed by atoms with Crippen molar-refractivity contribution in [2.24, 2.45) is 13.0 Å². The van der Waals surface area contributed by atoms with Crippen LogP contribution < -0.4 is 10.2 Å². The standard InChI is InChI=1S/C27H28F3N5O2/c1-34-16-32-33-24(34)10-26(14-37-15-26)20-5-4-19-13-35(25(36)23(19)9-20)22-7-18(12-31-11-17-2-3-17)6-21(8-22)27(28,29)30/h4-9,16-17,31H,2-3,10-15H2,1H3.